The highest BCUT2D eigenvalue weighted by Gasteiger charge is 2.36. The number of hydrogen-bond donors (Lipinski definition) is 2. The molecule has 3 N–H and O–H groups in total. The summed E-state index contributed by atoms with van der Waals surface area (Å²) in [5.74, 6) is -2.00. The Morgan fingerprint density at radius 2 is 1.88 bits per heavy atom. The number of pyridine rings is 2. The van der Waals surface area contributed by atoms with Crippen LogP contribution in [0, 0.1) is 17.6 Å². The molecule has 0 bridgehead atoms. The number of nitrogens with one attached hydrogen (secondary N) is 1. The van der Waals surface area contributed by atoms with Crippen LogP contribution in [0.5, 0.6) is 5.75 Å². The predicted molar refractivity (Wildman–Crippen MR) is 158 cm³/mol. The average Bonchev–Trinajstić information content (AvgIpc) is 2.95. The summed E-state index contributed by atoms with van der Waals surface area (Å²) >= 11 is 0. The van der Waals surface area contributed by atoms with Crippen LogP contribution < -0.4 is 15.8 Å². The smallest absolute Gasteiger partial charge is 0.274 e. The highest BCUT2D eigenvalue weighted by Crippen LogP contribution is 2.39. The van der Waals surface area contributed by atoms with Crippen molar-refractivity contribution in [1.82, 2.24) is 9.97 Å². The molecule has 1 saturated carbocycles. The van der Waals surface area contributed by atoms with Crippen molar-refractivity contribution in [3.8, 4) is 17.0 Å². The van der Waals surface area contributed by atoms with Gasteiger partial charge in [-0.3, -0.25) is 9.78 Å². The number of amides is 1. The molecule has 1 amide bonds. The predicted octanol–water partition coefficient (Wildman–Crippen LogP) is 3.97. The molecule has 2 aromatic heterocycles. The lowest BCUT2D eigenvalue weighted by Gasteiger charge is -2.39. The van der Waals surface area contributed by atoms with E-state index in [9.17, 15) is 22.0 Å². The van der Waals surface area contributed by atoms with Crippen molar-refractivity contribution < 1.29 is 36.2 Å². The van der Waals surface area contributed by atoms with E-state index in [0.29, 0.717) is 25.1 Å². The monoisotopic (exact) mass is 618 g/mol. The van der Waals surface area contributed by atoms with Gasteiger partial charge in [0, 0.05) is 37.2 Å². The van der Waals surface area contributed by atoms with Gasteiger partial charge in [-0.25, -0.2) is 22.2 Å². The SMILES string of the molecule is COCCOc1ccc(-c2nc(C(=O)Nc3cnccc3[C@H]3C[C@@H](N)[C@@H](OCCS(C)(=O)=O)[C@@H](C)C3)ccc2F)c(F)c1. The molecule has 43 heavy (non-hydrogen) atoms. The van der Waals surface area contributed by atoms with Crippen LogP contribution in [0.25, 0.3) is 11.3 Å². The molecule has 13 heteroatoms. The molecule has 1 aliphatic carbocycles. The average molecular weight is 619 g/mol. The van der Waals surface area contributed by atoms with Crippen LogP contribution in [0.2, 0.25) is 0 Å². The Balaban J connectivity index is 1.49. The number of hydrogen-bond acceptors (Lipinski definition) is 9. The second-order valence-electron chi connectivity index (χ2n) is 10.7. The fourth-order valence-electron chi connectivity index (χ4n) is 5.27. The van der Waals surface area contributed by atoms with E-state index in [-0.39, 0.29) is 65.6 Å². The summed E-state index contributed by atoms with van der Waals surface area (Å²) in [4.78, 5) is 21.6. The number of sulfone groups is 1. The van der Waals surface area contributed by atoms with E-state index in [1.165, 1.54) is 31.5 Å². The van der Waals surface area contributed by atoms with Crippen LogP contribution in [-0.2, 0) is 19.3 Å². The molecule has 1 fully saturated rings. The summed E-state index contributed by atoms with van der Waals surface area (Å²) < 4.78 is 68.8. The number of methoxy groups -OCH3 is 1. The third kappa shape index (κ3) is 8.53. The molecule has 4 rings (SSSR count). The van der Waals surface area contributed by atoms with Gasteiger partial charge in [-0.05, 0) is 60.6 Å². The van der Waals surface area contributed by atoms with Crippen molar-refractivity contribution in [2.75, 3.05) is 44.3 Å². The van der Waals surface area contributed by atoms with E-state index in [1.807, 2.05) is 6.92 Å². The number of carbonyl (C=O) groups excluding carboxylic acids is 1. The third-order valence-electron chi connectivity index (χ3n) is 7.33. The number of anilines is 1. The number of ether oxygens (including phenoxy) is 3. The number of halogens is 2. The van der Waals surface area contributed by atoms with Gasteiger partial charge in [0.25, 0.3) is 5.91 Å². The summed E-state index contributed by atoms with van der Waals surface area (Å²) in [7, 11) is -1.63. The molecule has 4 atom stereocenters. The van der Waals surface area contributed by atoms with Crippen molar-refractivity contribution in [2.24, 2.45) is 11.7 Å². The lowest BCUT2D eigenvalue weighted by atomic mass is 9.74. The fourth-order valence-corrected chi connectivity index (χ4v) is 5.67. The highest BCUT2D eigenvalue weighted by atomic mass is 32.2. The maximum absolute atomic E-state index is 14.9. The van der Waals surface area contributed by atoms with Crippen molar-refractivity contribution in [3.63, 3.8) is 0 Å². The van der Waals surface area contributed by atoms with Crippen LogP contribution in [-0.4, -0.2) is 75.4 Å². The zero-order valence-electron chi connectivity index (χ0n) is 24.3. The zero-order chi connectivity index (χ0) is 31.1. The zero-order valence-corrected chi connectivity index (χ0v) is 25.1. The van der Waals surface area contributed by atoms with Crippen molar-refractivity contribution in [1.29, 1.82) is 0 Å². The van der Waals surface area contributed by atoms with Crippen LogP contribution in [0.15, 0.2) is 48.8 Å². The number of benzene rings is 1. The molecule has 0 aliphatic heterocycles. The first-order valence-electron chi connectivity index (χ1n) is 13.8. The first kappa shape index (κ1) is 32.4. The molecule has 232 valence electrons. The van der Waals surface area contributed by atoms with E-state index >= 15 is 0 Å². The van der Waals surface area contributed by atoms with Crippen LogP contribution in [0.1, 0.15) is 41.7 Å². The van der Waals surface area contributed by atoms with E-state index in [2.05, 4.69) is 15.3 Å². The largest absolute Gasteiger partial charge is 0.491 e. The van der Waals surface area contributed by atoms with Crippen molar-refractivity contribution in [2.45, 2.75) is 37.8 Å². The highest BCUT2D eigenvalue weighted by molar-refractivity contribution is 7.90. The lowest BCUT2D eigenvalue weighted by Crippen LogP contribution is -2.47. The molecule has 0 spiro atoms. The molecule has 0 radical (unpaired) electrons. The molecule has 1 aromatic carbocycles. The van der Waals surface area contributed by atoms with Gasteiger partial charge in [0.1, 0.15) is 45.2 Å². The minimum atomic E-state index is -3.15. The molecule has 0 unspecified atom stereocenters. The van der Waals surface area contributed by atoms with E-state index in [4.69, 9.17) is 19.9 Å². The van der Waals surface area contributed by atoms with Crippen LogP contribution in [0.4, 0.5) is 14.5 Å². The Labute approximate surface area is 249 Å². The maximum Gasteiger partial charge on any atom is 0.274 e. The molecule has 10 nitrogen and oxygen atoms in total. The van der Waals surface area contributed by atoms with Crippen molar-refractivity contribution in [3.05, 3.63) is 71.7 Å². The normalized spacial score (nSPS) is 20.5. The summed E-state index contributed by atoms with van der Waals surface area (Å²) in [6, 6.07) is 7.70. The molecule has 3 aromatic rings. The third-order valence-corrected chi connectivity index (χ3v) is 8.24. The van der Waals surface area contributed by atoms with Crippen molar-refractivity contribution >= 4 is 21.4 Å². The van der Waals surface area contributed by atoms with Crippen LogP contribution >= 0.6 is 0 Å². The van der Waals surface area contributed by atoms with Crippen LogP contribution in [0.3, 0.4) is 0 Å². The van der Waals surface area contributed by atoms with Gasteiger partial charge >= 0.3 is 0 Å². The van der Waals surface area contributed by atoms with Gasteiger partial charge in [0.15, 0.2) is 0 Å². The summed E-state index contributed by atoms with van der Waals surface area (Å²) in [6.45, 7) is 2.62. The first-order chi connectivity index (χ1) is 20.5. The maximum atomic E-state index is 14.9. The van der Waals surface area contributed by atoms with Gasteiger partial charge in [0.05, 0.1) is 37.0 Å². The Morgan fingerprint density at radius 3 is 2.58 bits per heavy atom. The number of nitrogens with two attached hydrogens (primary N) is 1. The topological polar surface area (TPSA) is 143 Å². The van der Waals surface area contributed by atoms with E-state index in [1.54, 1.807) is 12.3 Å². The molecular weight excluding hydrogens is 582 g/mol. The minimum absolute atomic E-state index is 0.0259. The number of nitrogens with zero attached hydrogens (tertiary/aromatic N) is 2. The number of aromatic nitrogens is 2. The molecule has 1 aliphatic rings. The Bertz CT molecular complexity index is 1530. The summed E-state index contributed by atoms with van der Waals surface area (Å²) in [5, 5.41) is 2.82. The van der Waals surface area contributed by atoms with Gasteiger partial charge in [-0.1, -0.05) is 6.92 Å². The second-order valence-corrected chi connectivity index (χ2v) is 13.0. The van der Waals surface area contributed by atoms with Gasteiger partial charge in [-0.2, -0.15) is 0 Å². The standard InChI is InChI=1S/C30H36F2N4O6S/c1-18-14-19(15-25(33)29(18)42-12-13-43(3,38)39)21-8-9-34-17-27(21)36-30(37)26-7-6-23(31)28(35-26)22-5-4-20(16-24(22)32)41-11-10-40-2/h4-9,16-19,25,29H,10-15,33H2,1-3H3,(H,36,37)/t18-,19+,25+,29-/m0/s1. The fraction of sp³-hybridized carbons (Fsp3) is 0.433. The Morgan fingerprint density at radius 1 is 1.09 bits per heavy atom. The van der Waals surface area contributed by atoms with Gasteiger partial charge < -0.3 is 25.3 Å². The Kier molecular flexibility index (Phi) is 10.8. The minimum Gasteiger partial charge on any atom is -0.491 e. The summed E-state index contributed by atoms with van der Waals surface area (Å²) in [5.41, 5.74) is 7.18. The van der Waals surface area contributed by atoms with Gasteiger partial charge in [-0.15, -0.1) is 0 Å². The van der Waals surface area contributed by atoms with E-state index < -0.39 is 27.4 Å². The lowest BCUT2D eigenvalue weighted by molar-refractivity contribution is -0.0152. The second kappa shape index (κ2) is 14.3. The Hall–Kier alpha value is -3.52. The van der Waals surface area contributed by atoms with E-state index in [0.717, 1.165) is 24.0 Å². The van der Waals surface area contributed by atoms with Gasteiger partial charge in [0.2, 0.25) is 0 Å². The summed E-state index contributed by atoms with van der Waals surface area (Å²) in [6.07, 6.45) is 5.23. The number of rotatable bonds is 12. The number of carbonyl (C=O) groups is 1. The molecule has 2 heterocycles. The molecular formula is C30H36F2N4O6S. The molecule has 0 saturated heterocycles. The first-order valence-corrected chi connectivity index (χ1v) is 15.9. The quantitative estimate of drug-likeness (QED) is 0.288.